The zero-order valence-electron chi connectivity index (χ0n) is 11.2. The van der Waals surface area contributed by atoms with Crippen LogP contribution in [0.25, 0.3) is 0 Å². The van der Waals surface area contributed by atoms with Crippen molar-refractivity contribution in [1.82, 2.24) is 9.80 Å². The topological polar surface area (TPSA) is 72.9 Å². The van der Waals surface area contributed by atoms with Gasteiger partial charge in [-0.05, 0) is 34.1 Å². The largest absolute Gasteiger partial charge is 0.480 e. The van der Waals surface area contributed by atoms with Crippen molar-refractivity contribution in [2.45, 2.75) is 0 Å². The summed E-state index contributed by atoms with van der Waals surface area (Å²) >= 11 is 3.05. The van der Waals surface area contributed by atoms with Crippen molar-refractivity contribution in [2.75, 3.05) is 38.0 Å². The van der Waals surface area contributed by atoms with Crippen LogP contribution in [0.3, 0.4) is 0 Å². The molecule has 0 bridgehead atoms. The highest BCUT2D eigenvalue weighted by molar-refractivity contribution is 9.10. The smallest absolute Gasteiger partial charge is 0.321 e. The lowest BCUT2D eigenvalue weighted by Crippen LogP contribution is -2.51. The van der Waals surface area contributed by atoms with Crippen molar-refractivity contribution in [2.24, 2.45) is 0 Å². The van der Waals surface area contributed by atoms with Crippen molar-refractivity contribution in [3.05, 3.63) is 28.5 Å². The lowest BCUT2D eigenvalue weighted by molar-refractivity contribution is -0.138. The Morgan fingerprint density at radius 2 is 1.95 bits per heavy atom. The number of rotatable bonds is 3. The first-order valence-electron chi connectivity index (χ1n) is 6.41. The van der Waals surface area contributed by atoms with Crippen LogP contribution in [0.1, 0.15) is 0 Å². The summed E-state index contributed by atoms with van der Waals surface area (Å²) in [5.74, 6) is -1.32. The van der Waals surface area contributed by atoms with Gasteiger partial charge in [-0.25, -0.2) is 9.18 Å². The molecule has 1 aromatic carbocycles. The minimum atomic E-state index is -0.877. The normalized spacial score (nSPS) is 15.8. The van der Waals surface area contributed by atoms with Crippen molar-refractivity contribution in [3.8, 4) is 0 Å². The van der Waals surface area contributed by atoms with Crippen LogP contribution in [-0.2, 0) is 4.79 Å². The Labute approximate surface area is 129 Å². The number of amides is 2. The highest BCUT2D eigenvalue weighted by atomic mass is 79.9. The lowest BCUT2D eigenvalue weighted by Gasteiger charge is -2.33. The summed E-state index contributed by atoms with van der Waals surface area (Å²) in [6, 6.07) is 4.05. The Morgan fingerprint density at radius 3 is 2.52 bits per heavy atom. The Balaban J connectivity index is 1.87. The SMILES string of the molecule is O=C(O)CN1CCN(C(=O)Nc2ccc(Br)c(F)c2)CC1. The number of carboxylic acids is 1. The fourth-order valence-corrected chi connectivity index (χ4v) is 2.32. The number of nitrogens with zero attached hydrogens (tertiary/aromatic N) is 2. The van der Waals surface area contributed by atoms with Gasteiger partial charge in [0.05, 0.1) is 11.0 Å². The average molecular weight is 360 g/mol. The first kappa shape index (κ1) is 15.7. The number of carboxylic acid groups (broad SMARTS) is 1. The van der Waals surface area contributed by atoms with E-state index in [-0.39, 0.29) is 12.6 Å². The van der Waals surface area contributed by atoms with Gasteiger partial charge in [-0.3, -0.25) is 9.69 Å². The van der Waals surface area contributed by atoms with E-state index in [2.05, 4.69) is 21.2 Å². The molecule has 0 atom stereocenters. The Kier molecular flexibility index (Phi) is 5.13. The van der Waals surface area contributed by atoms with Crippen LogP contribution in [0.5, 0.6) is 0 Å². The van der Waals surface area contributed by atoms with E-state index in [0.717, 1.165) is 0 Å². The second-order valence-electron chi connectivity index (χ2n) is 4.72. The number of carbonyl (C=O) groups excluding carboxylic acids is 1. The van der Waals surface area contributed by atoms with Crippen LogP contribution in [0.15, 0.2) is 22.7 Å². The van der Waals surface area contributed by atoms with Gasteiger partial charge in [-0.15, -0.1) is 0 Å². The maximum Gasteiger partial charge on any atom is 0.321 e. The molecule has 0 unspecified atom stereocenters. The second-order valence-corrected chi connectivity index (χ2v) is 5.57. The maximum absolute atomic E-state index is 13.4. The molecule has 1 aliphatic rings. The fourth-order valence-electron chi connectivity index (χ4n) is 2.08. The monoisotopic (exact) mass is 359 g/mol. The minimum absolute atomic E-state index is 0.0205. The van der Waals surface area contributed by atoms with Crippen molar-refractivity contribution in [1.29, 1.82) is 0 Å². The molecule has 0 spiro atoms. The molecular weight excluding hydrogens is 345 g/mol. The van der Waals surface area contributed by atoms with Gasteiger partial charge in [-0.2, -0.15) is 0 Å². The average Bonchev–Trinajstić information content (AvgIpc) is 2.43. The Hall–Kier alpha value is -1.67. The third kappa shape index (κ3) is 4.40. The van der Waals surface area contributed by atoms with Gasteiger partial charge in [0.25, 0.3) is 0 Å². The molecule has 2 rings (SSSR count). The first-order chi connectivity index (χ1) is 9.95. The van der Waals surface area contributed by atoms with Gasteiger partial charge in [-0.1, -0.05) is 0 Å². The Morgan fingerprint density at radius 1 is 1.29 bits per heavy atom. The van der Waals surface area contributed by atoms with E-state index in [0.29, 0.717) is 36.3 Å². The van der Waals surface area contributed by atoms with Crippen LogP contribution in [-0.4, -0.2) is 59.6 Å². The first-order valence-corrected chi connectivity index (χ1v) is 7.20. The summed E-state index contributed by atoms with van der Waals surface area (Å²) < 4.78 is 13.7. The number of hydrogen-bond donors (Lipinski definition) is 2. The third-order valence-electron chi connectivity index (χ3n) is 3.19. The molecule has 1 heterocycles. The maximum atomic E-state index is 13.4. The number of anilines is 1. The molecule has 2 N–H and O–H groups in total. The summed E-state index contributed by atoms with van der Waals surface area (Å²) in [6.07, 6.45) is 0. The molecule has 6 nitrogen and oxygen atoms in total. The predicted octanol–water partition coefficient (Wildman–Crippen LogP) is 1.82. The molecule has 0 saturated carbocycles. The molecule has 1 aliphatic heterocycles. The van der Waals surface area contributed by atoms with E-state index in [9.17, 15) is 14.0 Å². The molecule has 0 aliphatic carbocycles. The predicted molar refractivity (Wildman–Crippen MR) is 78.8 cm³/mol. The van der Waals surface area contributed by atoms with Gasteiger partial charge < -0.3 is 15.3 Å². The number of benzene rings is 1. The molecule has 1 saturated heterocycles. The lowest BCUT2D eigenvalue weighted by atomic mass is 10.3. The summed E-state index contributed by atoms with van der Waals surface area (Å²) in [6.45, 7) is 1.88. The molecule has 8 heteroatoms. The van der Waals surface area contributed by atoms with E-state index in [1.54, 1.807) is 15.9 Å². The molecule has 21 heavy (non-hydrogen) atoms. The van der Waals surface area contributed by atoms with Crippen LogP contribution < -0.4 is 5.32 Å². The quantitative estimate of drug-likeness (QED) is 0.863. The van der Waals surface area contributed by atoms with Gasteiger partial charge in [0, 0.05) is 31.9 Å². The number of carbonyl (C=O) groups is 2. The van der Waals surface area contributed by atoms with E-state index in [4.69, 9.17) is 5.11 Å². The number of nitrogens with one attached hydrogen (secondary N) is 1. The van der Waals surface area contributed by atoms with Gasteiger partial charge in [0.15, 0.2) is 0 Å². The molecule has 114 valence electrons. The van der Waals surface area contributed by atoms with Crippen molar-refractivity contribution < 1.29 is 19.1 Å². The molecule has 0 radical (unpaired) electrons. The summed E-state index contributed by atoms with van der Waals surface area (Å²) in [5, 5.41) is 11.3. The third-order valence-corrected chi connectivity index (χ3v) is 3.83. The minimum Gasteiger partial charge on any atom is -0.480 e. The number of urea groups is 1. The Bertz CT molecular complexity index is 547. The molecule has 0 aromatic heterocycles. The summed E-state index contributed by atoms with van der Waals surface area (Å²) in [4.78, 5) is 26.0. The summed E-state index contributed by atoms with van der Waals surface area (Å²) in [7, 11) is 0. The highest BCUT2D eigenvalue weighted by Gasteiger charge is 2.22. The van der Waals surface area contributed by atoms with Gasteiger partial charge in [0.1, 0.15) is 5.82 Å². The van der Waals surface area contributed by atoms with Gasteiger partial charge >= 0.3 is 12.0 Å². The summed E-state index contributed by atoms with van der Waals surface area (Å²) in [5.41, 5.74) is 0.383. The number of hydrogen-bond acceptors (Lipinski definition) is 3. The zero-order chi connectivity index (χ0) is 15.4. The number of piperazine rings is 1. The number of aliphatic carboxylic acids is 1. The molecule has 1 aromatic rings. The molecular formula is C13H15BrFN3O3. The van der Waals surface area contributed by atoms with Crippen LogP contribution in [0.4, 0.5) is 14.9 Å². The standard InChI is InChI=1S/C13H15BrFN3O3/c14-10-2-1-9(7-11(10)15)16-13(21)18-5-3-17(4-6-18)8-12(19)20/h1-2,7H,3-6,8H2,(H,16,21)(H,19,20). The van der Waals surface area contributed by atoms with E-state index in [1.807, 2.05) is 0 Å². The second kappa shape index (κ2) is 6.86. The van der Waals surface area contributed by atoms with Crippen molar-refractivity contribution >= 4 is 33.6 Å². The van der Waals surface area contributed by atoms with Crippen LogP contribution >= 0.6 is 15.9 Å². The van der Waals surface area contributed by atoms with E-state index < -0.39 is 11.8 Å². The highest BCUT2D eigenvalue weighted by Crippen LogP contribution is 2.19. The van der Waals surface area contributed by atoms with E-state index in [1.165, 1.54) is 12.1 Å². The van der Waals surface area contributed by atoms with Crippen LogP contribution in [0, 0.1) is 5.82 Å². The number of halogens is 2. The molecule has 1 fully saturated rings. The fraction of sp³-hybridized carbons (Fsp3) is 0.385. The van der Waals surface area contributed by atoms with E-state index >= 15 is 0 Å². The molecule has 2 amide bonds. The van der Waals surface area contributed by atoms with Crippen LogP contribution in [0.2, 0.25) is 0 Å². The zero-order valence-corrected chi connectivity index (χ0v) is 12.8. The van der Waals surface area contributed by atoms with Crippen molar-refractivity contribution in [3.63, 3.8) is 0 Å². The van der Waals surface area contributed by atoms with Gasteiger partial charge in [0.2, 0.25) is 0 Å².